The molecule has 3 aromatic carbocycles. The minimum Gasteiger partial charge on any atom is -0.295 e. The third-order valence-electron chi connectivity index (χ3n) is 5.50. The summed E-state index contributed by atoms with van der Waals surface area (Å²) >= 11 is 0. The number of benzene rings is 3. The van der Waals surface area contributed by atoms with Crippen molar-refractivity contribution in [3.8, 4) is 5.69 Å². The predicted molar refractivity (Wildman–Crippen MR) is 136 cm³/mol. The van der Waals surface area contributed by atoms with Gasteiger partial charge in [0.1, 0.15) is 0 Å². The first-order chi connectivity index (χ1) is 16.1. The molecule has 0 spiro atoms. The van der Waals surface area contributed by atoms with Crippen LogP contribution >= 0.6 is 0 Å². The second-order valence-corrected chi connectivity index (χ2v) is 9.99. The van der Waals surface area contributed by atoms with E-state index < -0.39 is 10.0 Å². The predicted octanol–water partition coefficient (Wildman–Crippen LogP) is 4.95. The molecular formula is C26H26N4O3S. The van der Waals surface area contributed by atoms with Gasteiger partial charge in [-0.05, 0) is 75.7 Å². The number of hydrogen-bond acceptors (Lipinski definition) is 4. The van der Waals surface area contributed by atoms with E-state index in [4.69, 9.17) is 0 Å². The van der Waals surface area contributed by atoms with Crippen LogP contribution in [0.4, 0.5) is 11.4 Å². The number of hydrogen-bond donors (Lipinski definition) is 2. The summed E-state index contributed by atoms with van der Waals surface area (Å²) in [7, 11) is -3.72. The first-order valence-corrected chi connectivity index (χ1v) is 12.3. The first-order valence-electron chi connectivity index (χ1n) is 10.8. The minimum absolute atomic E-state index is 0.127. The van der Waals surface area contributed by atoms with Crippen molar-refractivity contribution < 1.29 is 8.42 Å². The molecule has 0 aliphatic heterocycles. The minimum atomic E-state index is -3.72. The molecule has 0 saturated heterocycles. The van der Waals surface area contributed by atoms with Gasteiger partial charge in [-0.3, -0.25) is 19.6 Å². The Morgan fingerprint density at radius 1 is 0.882 bits per heavy atom. The molecule has 0 radical (unpaired) electrons. The largest absolute Gasteiger partial charge is 0.295 e. The summed E-state index contributed by atoms with van der Waals surface area (Å²) < 4.78 is 29.4. The zero-order valence-electron chi connectivity index (χ0n) is 19.5. The molecule has 174 valence electrons. The van der Waals surface area contributed by atoms with Crippen LogP contribution in [0.25, 0.3) is 5.69 Å². The van der Waals surface area contributed by atoms with Gasteiger partial charge in [-0.2, -0.15) is 0 Å². The lowest BCUT2D eigenvalue weighted by Crippen LogP contribution is -2.18. The second kappa shape index (κ2) is 9.15. The number of H-pyrrole nitrogens is 1. The highest BCUT2D eigenvalue weighted by atomic mass is 32.2. The molecular weight excluding hydrogens is 448 g/mol. The number of rotatable bonds is 6. The Balaban J connectivity index is 1.55. The lowest BCUT2D eigenvalue weighted by Gasteiger charge is -2.08. The SMILES string of the molecule is Cc1ccc(NS(=O)(=O)c2ccc(N=Cc3c(C)[nH]n(-c4ccc(C)cc4C)c3=O)cc2)cc1. The summed E-state index contributed by atoms with van der Waals surface area (Å²) in [6.07, 6.45) is 1.50. The monoisotopic (exact) mass is 474 g/mol. The molecule has 8 heteroatoms. The van der Waals surface area contributed by atoms with E-state index in [2.05, 4.69) is 14.8 Å². The molecule has 0 amide bonds. The van der Waals surface area contributed by atoms with Gasteiger partial charge in [-0.25, -0.2) is 13.1 Å². The standard InChI is InChI=1S/C26H26N4O3S/c1-17-5-8-22(9-6-17)29-34(32,33)23-12-10-21(11-13-23)27-16-24-20(4)28-30(26(24)31)25-14-7-18(2)15-19(25)3/h5-16,28-29H,1-4H3. The lowest BCUT2D eigenvalue weighted by atomic mass is 10.1. The Hall–Kier alpha value is -3.91. The number of aromatic nitrogens is 2. The van der Waals surface area contributed by atoms with Crippen molar-refractivity contribution in [2.45, 2.75) is 32.6 Å². The number of aliphatic imine (C=N–C) groups is 1. The summed E-state index contributed by atoms with van der Waals surface area (Å²) in [6, 6.07) is 19.2. The molecule has 4 rings (SSSR count). The molecule has 2 N–H and O–H groups in total. The van der Waals surface area contributed by atoms with Crippen molar-refractivity contribution >= 4 is 27.6 Å². The Morgan fingerprint density at radius 2 is 1.53 bits per heavy atom. The normalized spacial score (nSPS) is 11.8. The molecule has 0 aliphatic rings. The number of nitrogens with zero attached hydrogens (tertiary/aromatic N) is 2. The fourth-order valence-corrected chi connectivity index (χ4v) is 4.68. The summed E-state index contributed by atoms with van der Waals surface area (Å²) in [5.41, 5.74) is 5.91. The summed E-state index contributed by atoms with van der Waals surface area (Å²) in [5.74, 6) is 0. The summed E-state index contributed by atoms with van der Waals surface area (Å²) in [4.78, 5) is 17.5. The molecule has 4 aromatic rings. The van der Waals surface area contributed by atoms with E-state index in [0.717, 1.165) is 22.4 Å². The third kappa shape index (κ3) is 4.87. The Bertz CT molecular complexity index is 1530. The van der Waals surface area contributed by atoms with Crippen LogP contribution in [-0.2, 0) is 10.0 Å². The van der Waals surface area contributed by atoms with Crippen LogP contribution in [0.3, 0.4) is 0 Å². The van der Waals surface area contributed by atoms with E-state index >= 15 is 0 Å². The quantitative estimate of drug-likeness (QED) is 0.387. The third-order valence-corrected chi connectivity index (χ3v) is 6.90. The van der Waals surface area contributed by atoms with E-state index in [1.54, 1.807) is 24.3 Å². The van der Waals surface area contributed by atoms with Crippen LogP contribution in [0.15, 0.2) is 81.4 Å². The van der Waals surface area contributed by atoms with Crippen LogP contribution in [0.1, 0.15) is 27.9 Å². The van der Waals surface area contributed by atoms with Crippen molar-refractivity contribution in [3.05, 3.63) is 105 Å². The van der Waals surface area contributed by atoms with Gasteiger partial charge in [-0.1, -0.05) is 35.4 Å². The van der Waals surface area contributed by atoms with Crippen molar-refractivity contribution in [1.29, 1.82) is 0 Å². The summed E-state index contributed by atoms with van der Waals surface area (Å²) in [5, 5.41) is 3.11. The van der Waals surface area contributed by atoms with E-state index in [-0.39, 0.29) is 10.5 Å². The highest BCUT2D eigenvalue weighted by Gasteiger charge is 2.15. The molecule has 7 nitrogen and oxygen atoms in total. The zero-order chi connectivity index (χ0) is 24.5. The topological polar surface area (TPSA) is 96.3 Å². The fraction of sp³-hybridized carbons (Fsp3) is 0.154. The van der Waals surface area contributed by atoms with Crippen LogP contribution in [-0.4, -0.2) is 24.4 Å². The molecule has 0 aliphatic carbocycles. The molecule has 1 aromatic heterocycles. The van der Waals surface area contributed by atoms with Gasteiger partial charge in [0.15, 0.2) is 0 Å². The van der Waals surface area contributed by atoms with Gasteiger partial charge in [0, 0.05) is 17.6 Å². The van der Waals surface area contributed by atoms with Crippen LogP contribution in [0.2, 0.25) is 0 Å². The molecule has 0 fully saturated rings. The number of aromatic amines is 1. The van der Waals surface area contributed by atoms with Crippen molar-refractivity contribution in [2.24, 2.45) is 4.99 Å². The lowest BCUT2D eigenvalue weighted by molar-refractivity contribution is 0.601. The van der Waals surface area contributed by atoms with E-state index in [1.165, 1.54) is 23.0 Å². The Labute approximate surface area is 198 Å². The van der Waals surface area contributed by atoms with Gasteiger partial charge in [0.25, 0.3) is 15.6 Å². The van der Waals surface area contributed by atoms with E-state index in [9.17, 15) is 13.2 Å². The summed E-state index contributed by atoms with van der Waals surface area (Å²) in [6.45, 7) is 7.72. The average molecular weight is 475 g/mol. The zero-order valence-corrected chi connectivity index (χ0v) is 20.3. The van der Waals surface area contributed by atoms with Crippen molar-refractivity contribution in [3.63, 3.8) is 0 Å². The van der Waals surface area contributed by atoms with Crippen LogP contribution in [0.5, 0.6) is 0 Å². The maximum Gasteiger partial charge on any atom is 0.280 e. The van der Waals surface area contributed by atoms with Gasteiger partial charge in [0.2, 0.25) is 0 Å². The number of anilines is 1. The maximum atomic E-state index is 13.0. The fourth-order valence-electron chi connectivity index (χ4n) is 3.62. The van der Waals surface area contributed by atoms with Gasteiger partial charge < -0.3 is 0 Å². The first kappa shape index (κ1) is 23.3. The highest BCUT2D eigenvalue weighted by molar-refractivity contribution is 7.92. The highest BCUT2D eigenvalue weighted by Crippen LogP contribution is 2.20. The van der Waals surface area contributed by atoms with Gasteiger partial charge >= 0.3 is 0 Å². The van der Waals surface area contributed by atoms with E-state index in [1.807, 2.05) is 58.0 Å². The molecule has 1 heterocycles. The van der Waals surface area contributed by atoms with Crippen LogP contribution in [0, 0.1) is 27.7 Å². The Kier molecular flexibility index (Phi) is 6.26. The molecule has 0 saturated carbocycles. The van der Waals surface area contributed by atoms with Gasteiger partial charge in [-0.15, -0.1) is 0 Å². The van der Waals surface area contributed by atoms with Crippen molar-refractivity contribution in [1.82, 2.24) is 9.78 Å². The number of nitrogens with one attached hydrogen (secondary N) is 2. The number of aryl methyl sites for hydroxylation is 4. The molecule has 0 bridgehead atoms. The van der Waals surface area contributed by atoms with Gasteiger partial charge in [0.05, 0.1) is 21.8 Å². The second-order valence-electron chi connectivity index (χ2n) is 8.30. The maximum absolute atomic E-state index is 13.0. The number of sulfonamides is 1. The molecule has 0 unspecified atom stereocenters. The van der Waals surface area contributed by atoms with Crippen LogP contribution < -0.4 is 10.3 Å². The molecule has 0 atom stereocenters. The Morgan fingerprint density at radius 3 is 2.18 bits per heavy atom. The molecule has 34 heavy (non-hydrogen) atoms. The van der Waals surface area contributed by atoms with Crippen molar-refractivity contribution in [2.75, 3.05) is 4.72 Å². The van der Waals surface area contributed by atoms with E-state index in [0.29, 0.717) is 22.6 Å². The smallest absolute Gasteiger partial charge is 0.280 e. The average Bonchev–Trinajstić information content (AvgIpc) is 3.07.